The molecule has 1 aromatic carbocycles. The van der Waals surface area contributed by atoms with Crippen LogP contribution in [0.4, 0.5) is 0 Å². The Morgan fingerprint density at radius 3 is 2.60 bits per heavy atom. The zero-order valence-electron chi connectivity index (χ0n) is 9.44. The molecule has 0 spiro atoms. The lowest BCUT2D eigenvalue weighted by atomic mass is 9.94. The molecule has 1 aromatic rings. The van der Waals surface area contributed by atoms with E-state index in [1.165, 1.54) is 28.4 Å². The number of likely N-dealkylation sites (N-methyl/N-ethyl adjacent to an activating group) is 1. The number of hydrogen-bond acceptors (Lipinski definition) is 1. The summed E-state index contributed by atoms with van der Waals surface area (Å²) in [5.74, 6) is 0. The molecule has 0 bridgehead atoms. The lowest BCUT2D eigenvalue weighted by Crippen LogP contribution is -2.23. The van der Waals surface area contributed by atoms with Gasteiger partial charge in [-0.05, 0) is 43.5 Å². The molecule has 1 N–H and O–H groups in total. The van der Waals surface area contributed by atoms with E-state index in [0.717, 1.165) is 13.0 Å². The summed E-state index contributed by atoms with van der Waals surface area (Å²) in [7, 11) is 2.04. The van der Waals surface area contributed by atoms with Gasteiger partial charge in [0.15, 0.2) is 0 Å². The first-order chi connectivity index (χ1) is 7.22. The van der Waals surface area contributed by atoms with Crippen molar-refractivity contribution < 1.29 is 0 Å². The first kappa shape index (κ1) is 11.2. The van der Waals surface area contributed by atoms with E-state index < -0.39 is 0 Å². The molecule has 15 heavy (non-hydrogen) atoms. The summed E-state index contributed by atoms with van der Waals surface area (Å²) in [6.45, 7) is 3.30. The fraction of sp³-hybridized carbons (Fsp3) is 0.538. The van der Waals surface area contributed by atoms with Crippen LogP contribution in [0, 0.1) is 0 Å². The van der Waals surface area contributed by atoms with E-state index in [9.17, 15) is 0 Å². The van der Waals surface area contributed by atoms with Crippen molar-refractivity contribution in [1.82, 2.24) is 5.32 Å². The molecule has 2 heteroatoms. The van der Waals surface area contributed by atoms with Crippen molar-refractivity contribution in [2.24, 2.45) is 0 Å². The van der Waals surface area contributed by atoms with Crippen molar-refractivity contribution >= 4 is 15.9 Å². The predicted octanol–water partition coefficient (Wildman–Crippen LogP) is 3.26. The normalized spacial score (nSPS) is 17.8. The summed E-state index contributed by atoms with van der Waals surface area (Å²) in [6, 6.07) is 6.87. The van der Waals surface area contributed by atoms with Gasteiger partial charge in [-0.2, -0.15) is 0 Å². The first-order valence-corrected chi connectivity index (χ1v) is 6.44. The molecule has 0 amide bonds. The van der Waals surface area contributed by atoms with Gasteiger partial charge in [-0.25, -0.2) is 0 Å². The summed E-state index contributed by atoms with van der Waals surface area (Å²) >= 11 is 3.66. The third-order valence-electron chi connectivity index (χ3n) is 3.42. The van der Waals surface area contributed by atoms with Crippen LogP contribution >= 0.6 is 15.9 Å². The second-order valence-electron chi connectivity index (χ2n) is 4.47. The lowest BCUT2D eigenvalue weighted by Gasteiger charge is -2.16. The second-order valence-corrected chi connectivity index (χ2v) is 5.32. The van der Waals surface area contributed by atoms with E-state index in [4.69, 9.17) is 0 Å². The van der Waals surface area contributed by atoms with E-state index in [2.05, 4.69) is 46.4 Å². The molecule has 0 atom stereocenters. The molecule has 0 aliphatic heterocycles. The highest BCUT2D eigenvalue weighted by atomic mass is 79.9. The molecule has 0 saturated heterocycles. The molecule has 1 nitrogen and oxygen atoms in total. The van der Waals surface area contributed by atoms with Gasteiger partial charge in [-0.15, -0.1) is 0 Å². The molecule has 2 rings (SSSR count). The largest absolute Gasteiger partial charge is 0.319 e. The molecule has 0 heterocycles. The number of aryl methyl sites for hydroxylation is 1. The molecular formula is C13H18BrN. The van der Waals surface area contributed by atoms with Crippen LogP contribution in [0.25, 0.3) is 0 Å². The fourth-order valence-corrected chi connectivity index (χ4v) is 2.88. The number of halogens is 1. The summed E-state index contributed by atoms with van der Waals surface area (Å²) < 4.78 is 1.27. The van der Waals surface area contributed by atoms with Crippen LogP contribution in [-0.2, 0) is 11.8 Å². The molecule has 0 radical (unpaired) electrons. The Morgan fingerprint density at radius 2 is 2.13 bits per heavy atom. The Morgan fingerprint density at radius 1 is 1.40 bits per heavy atom. The van der Waals surface area contributed by atoms with Crippen molar-refractivity contribution in [2.45, 2.75) is 31.6 Å². The molecule has 0 aromatic heterocycles. The Balaban J connectivity index is 2.26. The van der Waals surface area contributed by atoms with E-state index in [1.54, 1.807) is 0 Å². The fourth-order valence-electron chi connectivity index (χ4n) is 2.22. The average Bonchev–Trinajstić information content (AvgIpc) is 2.99. The van der Waals surface area contributed by atoms with Gasteiger partial charge in [0.1, 0.15) is 0 Å². The Labute approximate surface area is 100 Å². The molecule has 1 aliphatic rings. The van der Waals surface area contributed by atoms with Crippen molar-refractivity contribution in [3.63, 3.8) is 0 Å². The quantitative estimate of drug-likeness (QED) is 0.883. The van der Waals surface area contributed by atoms with Crippen molar-refractivity contribution in [3.8, 4) is 0 Å². The van der Waals surface area contributed by atoms with Gasteiger partial charge in [0.2, 0.25) is 0 Å². The van der Waals surface area contributed by atoms with Gasteiger partial charge in [0.25, 0.3) is 0 Å². The summed E-state index contributed by atoms with van der Waals surface area (Å²) in [6.07, 6.45) is 3.75. The Hall–Kier alpha value is -0.340. The maximum Gasteiger partial charge on any atom is 0.0210 e. The minimum Gasteiger partial charge on any atom is -0.319 e. The third-order valence-corrected chi connectivity index (χ3v) is 4.15. The van der Waals surface area contributed by atoms with Crippen LogP contribution in [0.2, 0.25) is 0 Å². The topological polar surface area (TPSA) is 12.0 Å². The zero-order chi connectivity index (χ0) is 10.9. The van der Waals surface area contributed by atoms with Crippen LogP contribution < -0.4 is 5.32 Å². The molecule has 82 valence electrons. The van der Waals surface area contributed by atoms with Gasteiger partial charge in [-0.3, -0.25) is 0 Å². The molecule has 0 unspecified atom stereocenters. The SMILES string of the molecule is CCc1ccc(C2(CNC)CC2)cc1Br. The smallest absolute Gasteiger partial charge is 0.0210 e. The molecular weight excluding hydrogens is 250 g/mol. The van der Waals surface area contributed by atoms with Crippen molar-refractivity contribution in [3.05, 3.63) is 33.8 Å². The van der Waals surface area contributed by atoms with E-state index >= 15 is 0 Å². The minimum absolute atomic E-state index is 0.434. The minimum atomic E-state index is 0.434. The second kappa shape index (κ2) is 4.26. The third kappa shape index (κ3) is 2.11. The van der Waals surface area contributed by atoms with Crippen molar-refractivity contribution in [2.75, 3.05) is 13.6 Å². The van der Waals surface area contributed by atoms with Gasteiger partial charge in [-0.1, -0.05) is 35.0 Å². The van der Waals surface area contributed by atoms with Crippen LogP contribution in [0.15, 0.2) is 22.7 Å². The first-order valence-electron chi connectivity index (χ1n) is 5.65. The van der Waals surface area contributed by atoms with Gasteiger partial charge >= 0.3 is 0 Å². The van der Waals surface area contributed by atoms with Crippen molar-refractivity contribution in [1.29, 1.82) is 0 Å². The zero-order valence-corrected chi connectivity index (χ0v) is 11.0. The van der Waals surface area contributed by atoms with Crippen LogP contribution in [0.1, 0.15) is 30.9 Å². The number of nitrogens with one attached hydrogen (secondary N) is 1. The molecule has 1 aliphatic carbocycles. The monoisotopic (exact) mass is 267 g/mol. The molecule has 1 saturated carbocycles. The number of hydrogen-bond donors (Lipinski definition) is 1. The number of rotatable bonds is 4. The highest BCUT2D eigenvalue weighted by molar-refractivity contribution is 9.10. The van der Waals surface area contributed by atoms with Crippen LogP contribution in [0.3, 0.4) is 0 Å². The predicted molar refractivity (Wildman–Crippen MR) is 68.4 cm³/mol. The van der Waals surface area contributed by atoms with Gasteiger partial charge in [0.05, 0.1) is 0 Å². The lowest BCUT2D eigenvalue weighted by molar-refractivity contribution is 0.624. The van der Waals surface area contributed by atoms with Gasteiger partial charge in [0, 0.05) is 16.4 Å². The Bertz CT molecular complexity index is 356. The maximum absolute atomic E-state index is 3.66. The highest BCUT2D eigenvalue weighted by Crippen LogP contribution is 2.48. The maximum atomic E-state index is 3.66. The van der Waals surface area contributed by atoms with E-state index in [-0.39, 0.29) is 0 Å². The summed E-state index contributed by atoms with van der Waals surface area (Å²) in [4.78, 5) is 0. The summed E-state index contributed by atoms with van der Waals surface area (Å²) in [5.41, 5.74) is 3.32. The average molecular weight is 268 g/mol. The number of benzene rings is 1. The van der Waals surface area contributed by atoms with Crippen LogP contribution in [-0.4, -0.2) is 13.6 Å². The van der Waals surface area contributed by atoms with Crippen LogP contribution in [0.5, 0.6) is 0 Å². The molecule has 1 fully saturated rings. The summed E-state index contributed by atoms with van der Waals surface area (Å²) in [5, 5.41) is 3.30. The Kier molecular flexibility index (Phi) is 3.17. The van der Waals surface area contributed by atoms with E-state index in [1.807, 2.05) is 7.05 Å². The highest BCUT2D eigenvalue weighted by Gasteiger charge is 2.43. The van der Waals surface area contributed by atoms with Gasteiger partial charge < -0.3 is 5.32 Å². The van der Waals surface area contributed by atoms with E-state index in [0.29, 0.717) is 5.41 Å². The standard InChI is InChI=1S/C13H18BrN/c1-3-10-4-5-11(8-12(10)14)13(6-7-13)9-15-2/h4-5,8,15H,3,6-7,9H2,1-2H3.